The van der Waals surface area contributed by atoms with Crippen LogP contribution in [-0.4, -0.2) is 9.78 Å². The molecule has 0 saturated heterocycles. The zero-order valence-electron chi connectivity index (χ0n) is 10.2. The Morgan fingerprint density at radius 3 is 2.59 bits per heavy atom. The molecule has 0 amide bonds. The van der Waals surface area contributed by atoms with Gasteiger partial charge in [-0.3, -0.25) is 0 Å². The summed E-state index contributed by atoms with van der Waals surface area (Å²) in [6, 6.07) is 10.0. The number of nitrogens with zero attached hydrogens (tertiary/aromatic N) is 2. The Hall–Kier alpha value is -1.97. The minimum atomic E-state index is 0.508. The van der Waals surface area contributed by atoms with Gasteiger partial charge in [0.05, 0.1) is 5.69 Å². The fourth-order valence-corrected chi connectivity index (χ4v) is 1.74. The fraction of sp³-hybridized carbons (Fsp3) is 0.308. The van der Waals surface area contributed by atoms with Crippen LogP contribution < -0.4 is 10.5 Å². The molecule has 0 saturated carbocycles. The van der Waals surface area contributed by atoms with Crippen LogP contribution in [-0.2, 0) is 20.1 Å². The summed E-state index contributed by atoms with van der Waals surface area (Å²) in [5, 5.41) is 4.31. The summed E-state index contributed by atoms with van der Waals surface area (Å²) >= 11 is 0. The molecular weight excluding hydrogens is 214 g/mol. The van der Waals surface area contributed by atoms with Crippen molar-refractivity contribution < 1.29 is 4.74 Å². The SMILES string of the molecule is CCc1nn(C)c(OCc2ccccc2)c1N. The molecule has 0 aliphatic carbocycles. The van der Waals surface area contributed by atoms with Crippen LogP contribution in [0.2, 0.25) is 0 Å². The van der Waals surface area contributed by atoms with Crippen LogP contribution in [0.25, 0.3) is 0 Å². The first-order valence-corrected chi connectivity index (χ1v) is 5.70. The van der Waals surface area contributed by atoms with E-state index in [4.69, 9.17) is 10.5 Å². The highest BCUT2D eigenvalue weighted by molar-refractivity contribution is 5.53. The highest BCUT2D eigenvalue weighted by Gasteiger charge is 2.12. The van der Waals surface area contributed by atoms with Crippen LogP contribution in [0.5, 0.6) is 5.88 Å². The molecule has 2 rings (SSSR count). The summed E-state index contributed by atoms with van der Waals surface area (Å²) in [4.78, 5) is 0. The van der Waals surface area contributed by atoms with Gasteiger partial charge in [0, 0.05) is 7.05 Å². The summed E-state index contributed by atoms with van der Waals surface area (Å²) in [6.07, 6.45) is 0.814. The molecule has 0 spiro atoms. The number of benzene rings is 1. The van der Waals surface area contributed by atoms with Crippen molar-refractivity contribution in [3.63, 3.8) is 0 Å². The second-order valence-corrected chi connectivity index (χ2v) is 3.92. The van der Waals surface area contributed by atoms with Gasteiger partial charge in [0.15, 0.2) is 0 Å². The van der Waals surface area contributed by atoms with Crippen LogP contribution in [0.3, 0.4) is 0 Å². The number of ether oxygens (including phenoxy) is 1. The van der Waals surface area contributed by atoms with Crippen LogP contribution >= 0.6 is 0 Å². The maximum absolute atomic E-state index is 5.97. The van der Waals surface area contributed by atoms with E-state index in [2.05, 4.69) is 5.10 Å². The lowest BCUT2D eigenvalue weighted by Gasteiger charge is -2.06. The molecule has 1 heterocycles. The predicted octanol–water partition coefficient (Wildman–Crippen LogP) is 2.14. The molecule has 0 aliphatic rings. The number of hydrogen-bond acceptors (Lipinski definition) is 3. The summed E-state index contributed by atoms with van der Waals surface area (Å²) in [5.41, 5.74) is 8.62. The fourth-order valence-electron chi connectivity index (χ4n) is 1.74. The van der Waals surface area contributed by atoms with Gasteiger partial charge in [-0.25, -0.2) is 4.68 Å². The molecule has 17 heavy (non-hydrogen) atoms. The van der Waals surface area contributed by atoms with E-state index >= 15 is 0 Å². The molecule has 0 unspecified atom stereocenters. The third-order valence-corrected chi connectivity index (χ3v) is 2.66. The lowest BCUT2D eigenvalue weighted by atomic mass is 10.2. The number of rotatable bonds is 4. The van der Waals surface area contributed by atoms with Gasteiger partial charge < -0.3 is 10.5 Å². The molecule has 0 aliphatic heterocycles. The monoisotopic (exact) mass is 231 g/mol. The number of aryl methyl sites for hydroxylation is 2. The summed E-state index contributed by atoms with van der Waals surface area (Å²) in [7, 11) is 1.84. The second kappa shape index (κ2) is 4.91. The van der Waals surface area contributed by atoms with Gasteiger partial charge in [-0.1, -0.05) is 37.3 Å². The second-order valence-electron chi connectivity index (χ2n) is 3.92. The number of aromatic nitrogens is 2. The third-order valence-electron chi connectivity index (χ3n) is 2.66. The Morgan fingerprint density at radius 2 is 2.00 bits per heavy atom. The third kappa shape index (κ3) is 2.41. The molecule has 0 bridgehead atoms. The Morgan fingerprint density at radius 1 is 1.29 bits per heavy atom. The van der Waals surface area contributed by atoms with Gasteiger partial charge in [-0.05, 0) is 12.0 Å². The van der Waals surface area contributed by atoms with E-state index in [0.29, 0.717) is 18.2 Å². The van der Waals surface area contributed by atoms with Gasteiger partial charge in [0.1, 0.15) is 12.3 Å². The zero-order valence-corrected chi connectivity index (χ0v) is 10.2. The standard InChI is InChI=1S/C13H17N3O/c1-3-11-12(14)13(16(2)15-11)17-9-10-7-5-4-6-8-10/h4-8H,3,9,14H2,1-2H3. The van der Waals surface area contributed by atoms with Gasteiger partial charge in [-0.15, -0.1) is 0 Å². The van der Waals surface area contributed by atoms with E-state index in [0.717, 1.165) is 17.7 Å². The predicted molar refractivity (Wildman–Crippen MR) is 67.8 cm³/mol. The van der Waals surface area contributed by atoms with Gasteiger partial charge in [0.2, 0.25) is 5.88 Å². The number of nitrogen functional groups attached to an aromatic ring is 1. The zero-order chi connectivity index (χ0) is 12.3. The summed E-state index contributed by atoms with van der Waals surface area (Å²) < 4.78 is 7.40. The van der Waals surface area contributed by atoms with Crippen molar-refractivity contribution in [2.24, 2.45) is 7.05 Å². The molecular formula is C13H17N3O. The van der Waals surface area contributed by atoms with E-state index in [9.17, 15) is 0 Å². The Labute approximate surface area is 101 Å². The van der Waals surface area contributed by atoms with Crippen molar-refractivity contribution >= 4 is 5.69 Å². The lowest BCUT2D eigenvalue weighted by Crippen LogP contribution is -2.02. The van der Waals surface area contributed by atoms with Crippen molar-refractivity contribution in [2.45, 2.75) is 20.0 Å². The Kier molecular flexibility index (Phi) is 3.32. The molecule has 2 N–H and O–H groups in total. The minimum absolute atomic E-state index is 0.508. The van der Waals surface area contributed by atoms with Gasteiger partial charge in [-0.2, -0.15) is 5.10 Å². The van der Waals surface area contributed by atoms with Crippen LogP contribution in [0.1, 0.15) is 18.2 Å². The van der Waals surface area contributed by atoms with Crippen molar-refractivity contribution in [1.82, 2.24) is 9.78 Å². The van der Waals surface area contributed by atoms with E-state index in [1.807, 2.05) is 44.3 Å². The molecule has 2 aromatic rings. The normalized spacial score (nSPS) is 10.5. The number of anilines is 1. The maximum Gasteiger partial charge on any atom is 0.236 e. The highest BCUT2D eigenvalue weighted by Crippen LogP contribution is 2.25. The topological polar surface area (TPSA) is 53.1 Å². The first-order chi connectivity index (χ1) is 8.22. The molecule has 1 aromatic heterocycles. The average molecular weight is 231 g/mol. The maximum atomic E-state index is 5.97. The highest BCUT2D eigenvalue weighted by atomic mass is 16.5. The van der Waals surface area contributed by atoms with E-state index in [1.54, 1.807) is 4.68 Å². The Balaban J connectivity index is 2.12. The van der Waals surface area contributed by atoms with Crippen molar-refractivity contribution in [1.29, 1.82) is 0 Å². The van der Waals surface area contributed by atoms with E-state index in [1.165, 1.54) is 0 Å². The molecule has 4 nitrogen and oxygen atoms in total. The van der Waals surface area contributed by atoms with Gasteiger partial charge in [0.25, 0.3) is 0 Å². The Bertz CT molecular complexity index is 491. The molecule has 1 aromatic carbocycles. The van der Waals surface area contributed by atoms with Crippen LogP contribution in [0, 0.1) is 0 Å². The van der Waals surface area contributed by atoms with Crippen LogP contribution in [0.15, 0.2) is 30.3 Å². The summed E-state index contributed by atoms with van der Waals surface area (Å²) in [5.74, 6) is 0.644. The molecule has 0 fully saturated rings. The largest absolute Gasteiger partial charge is 0.471 e. The molecule has 0 atom stereocenters. The van der Waals surface area contributed by atoms with Crippen molar-refractivity contribution in [3.05, 3.63) is 41.6 Å². The molecule has 4 heteroatoms. The minimum Gasteiger partial charge on any atom is -0.471 e. The van der Waals surface area contributed by atoms with E-state index in [-0.39, 0.29) is 0 Å². The molecule has 90 valence electrons. The van der Waals surface area contributed by atoms with E-state index < -0.39 is 0 Å². The number of nitrogens with two attached hydrogens (primary N) is 1. The average Bonchev–Trinajstić information content (AvgIpc) is 2.63. The quantitative estimate of drug-likeness (QED) is 0.877. The first-order valence-electron chi connectivity index (χ1n) is 5.70. The smallest absolute Gasteiger partial charge is 0.236 e. The molecule has 0 radical (unpaired) electrons. The number of hydrogen-bond donors (Lipinski definition) is 1. The van der Waals surface area contributed by atoms with Gasteiger partial charge >= 0.3 is 0 Å². The van der Waals surface area contributed by atoms with Crippen molar-refractivity contribution in [2.75, 3.05) is 5.73 Å². The lowest BCUT2D eigenvalue weighted by molar-refractivity contribution is 0.280. The van der Waals surface area contributed by atoms with Crippen molar-refractivity contribution in [3.8, 4) is 5.88 Å². The first kappa shape index (κ1) is 11.5. The van der Waals surface area contributed by atoms with Crippen LogP contribution in [0.4, 0.5) is 5.69 Å². The summed E-state index contributed by atoms with van der Waals surface area (Å²) in [6.45, 7) is 2.54.